The predicted molar refractivity (Wildman–Crippen MR) is 42.1 cm³/mol. The van der Waals surface area contributed by atoms with Crippen molar-refractivity contribution in [2.45, 2.75) is 44.2 Å². The van der Waals surface area contributed by atoms with E-state index >= 15 is 0 Å². The summed E-state index contributed by atoms with van der Waals surface area (Å²) in [6.07, 6.45) is 2.59. The summed E-state index contributed by atoms with van der Waals surface area (Å²) in [7, 11) is 0. The maximum atomic E-state index is 11.0. The van der Waals surface area contributed by atoms with Gasteiger partial charge in [0.05, 0.1) is 6.10 Å². The van der Waals surface area contributed by atoms with Gasteiger partial charge in [0.1, 0.15) is 5.54 Å². The van der Waals surface area contributed by atoms with Crippen molar-refractivity contribution in [1.82, 2.24) is 0 Å². The number of hydrogen-bond acceptors (Lipinski definition) is 3. The topological polar surface area (TPSA) is 63.3 Å². The minimum absolute atomic E-state index is 0.0929. The summed E-state index contributed by atoms with van der Waals surface area (Å²) in [4.78, 5) is 11.0. The average Bonchev–Trinajstić information content (AvgIpc) is 1.95. The van der Waals surface area contributed by atoms with Crippen molar-refractivity contribution < 1.29 is 9.90 Å². The minimum Gasteiger partial charge on any atom is -0.391 e. The lowest BCUT2D eigenvalue weighted by atomic mass is 9.77. The molecule has 0 spiro atoms. The zero-order valence-corrected chi connectivity index (χ0v) is 6.84. The fraction of sp³-hybridized carbons (Fsp3) is 0.875. The van der Waals surface area contributed by atoms with E-state index < -0.39 is 11.6 Å². The molecule has 3 heteroatoms. The van der Waals surface area contributed by atoms with Gasteiger partial charge in [0.15, 0.2) is 5.78 Å². The third-order valence-electron chi connectivity index (χ3n) is 2.57. The molecule has 2 atom stereocenters. The molecule has 0 amide bonds. The molecule has 1 rings (SSSR count). The SMILES string of the molecule is CC(=O)C1(N)CCCCC1O. The van der Waals surface area contributed by atoms with Gasteiger partial charge in [0, 0.05) is 0 Å². The Hall–Kier alpha value is -0.410. The van der Waals surface area contributed by atoms with Crippen LogP contribution in [-0.4, -0.2) is 22.5 Å². The summed E-state index contributed by atoms with van der Waals surface area (Å²) < 4.78 is 0. The molecule has 2 unspecified atom stereocenters. The van der Waals surface area contributed by atoms with Crippen LogP contribution in [-0.2, 0) is 4.79 Å². The second kappa shape index (κ2) is 2.91. The Balaban J connectivity index is 2.72. The van der Waals surface area contributed by atoms with E-state index in [1.807, 2.05) is 0 Å². The van der Waals surface area contributed by atoms with Crippen molar-refractivity contribution in [2.24, 2.45) is 5.73 Å². The predicted octanol–water partition coefficient (Wildman–Crippen LogP) is 0.208. The van der Waals surface area contributed by atoms with Crippen molar-refractivity contribution in [1.29, 1.82) is 0 Å². The quantitative estimate of drug-likeness (QED) is 0.572. The van der Waals surface area contributed by atoms with Crippen LogP contribution in [0.3, 0.4) is 0 Å². The first-order valence-corrected chi connectivity index (χ1v) is 4.05. The van der Waals surface area contributed by atoms with E-state index in [4.69, 9.17) is 5.73 Å². The fourth-order valence-electron chi connectivity index (χ4n) is 1.59. The van der Waals surface area contributed by atoms with Crippen LogP contribution < -0.4 is 5.73 Å². The number of Topliss-reactive ketones (excluding diaryl/α,β-unsaturated/α-hetero) is 1. The van der Waals surface area contributed by atoms with Gasteiger partial charge in [-0.1, -0.05) is 12.8 Å². The zero-order chi connectivity index (χ0) is 8.48. The summed E-state index contributed by atoms with van der Waals surface area (Å²) in [6.45, 7) is 1.45. The van der Waals surface area contributed by atoms with Crippen LogP contribution in [0, 0.1) is 0 Å². The smallest absolute Gasteiger partial charge is 0.152 e. The van der Waals surface area contributed by atoms with Gasteiger partial charge in [-0.25, -0.2) is 0 Å². The number of carbonyl (C=O) groups is 1. The zero-order valence-electron chi connectivity index (χ0n) is 6.84. The first kappa shape index (κ1) is 8.68. The van der Waals surface area contributed by atoms with E-state index in [1.54, 1.807) is 0 Å². The Kier molecular flexibility index (Phi) is 2.30. The largest absolute Gasteiger partial charge is 0.391 e. The molecule has 11 heavy (non-hydrogen) atoms. The number of carbonyl (C=O) groups excluding carboxylic acids is 1. The molecule has 1 fully saturated rings. The molecule has 0 aromatic heterocycles. The molecule has 64 valence electrons. The number of nitrogens with two attached hydrogens (primary N) is 1. The molecule has 3 nitrogen and oxygen atoms in total. The van der Waals surface area contributed by atoms with E-state index in [9.17, 15) is 9.90 Å². The Morgan fingerprint density at radius 3 is 2.64 bits per heavy atom. The molecule has 0 bridgehead atoms. The lowest BCUT2D eigenvalue weighted by Gasteiger charge is -2.35. The van der Waals surface area contributed by atoms with Crippen LogP contribution >= 0.6 is 0 Å². The van der Waals surface area contributed by atoms with Crippen molar-refractivity contribution in [3.05, 3.63) is 0 Å². The second-order valence-corrected chi connectivity index (χ2v) is 3.36. The van der Waals surface area contributed by atoms with E-state index in [-0.39, 0.29) is 5.78 Å². The summed E-state index contributed by atoms with van der Waals surface area (Å²) in [6, 6.07) is 0. The van der Waals surface area contributed by atoms with E-state index in [0.29, 0.717) is 12.8 Å². The molecular formula is C8H15NO2. The number of aliphatic hydroxyl groups excluding tert-OH is 1. The molecule has 0 aromatic rings. The Morgan fingerprint density at radius 1 is 1.64 bits per heavy atom. The van der Waals surface area contributed by atoms with Crippen molar-refractivity contribution in [2.75, 3.05) is 0 Å². The van der Waals surface area contributed by atoms with Crippen LogP contribution in [0.4, 0.5) is 0 Å². The normalized spacial score (nSPS) is 38.6. The summed E-state index contributed by atoms with van der Waals surface area (Å²) in [5, 5.41) is 9.45. The monoisotopic (exact) mass is 157 g/mol. The van der Waals surface area contributed by atoms with E-state index in [1.165, 1.54) is 6.92 Å². The fourth-order valence-corrected chi connectivity index (χ4v) is 1.59. The van der Waals surface area contributed by atoms with Gasteiger partial charge in [-0.15, -0.1) is 0 Å². The van der Waals surface area contributed by atoms with Gasteiger partial charge >= 0.3 is 0 Å². The van der Waals surface area contributed by atoms with Gasteiger partial charge in [0.25, 0.3) is 0 Å². The van der Waals surface area contributed by atoms with Gasteiger partial charge in [-0.05, 0) is 19.8 Å². The Bertz CT molecular complexity index is 169. The second-order valence-electron chi connectivity index (χ2n) is 3.36. The number of rotatable bonds is 1. The first-order chi connectivity index (χ1) is 5.07. The number of ketones is 1. The van der Waals surface area contributed by atoms with Crippen molar-refractivity contribution in [3.63, 3.8) is 0 Å². The van der Waals surface area contributed by atoms with Crippen molar-refractivity contribution >= 4 is 5.78 Å². The van der Waals surface area contributed by atoms with Crippen LogP contribution in [0.25, 0.3) is 0 Å². The van der Waals surface area contributed by atoms with Gasteiger partial charge in [-0.3, -0.25) is 4.79 Å². The number of aliphatic hydroxyl groups is 1. The Labute approximate surface area is 66.6 Å². The molecule has 1 saturated carbocycles. The standard InChI is InChI=1S/C8H15NO2/c1-6(10)8(9)5-3-2-4-7(8)11/h7,11H,2-5,9H2,1H3. The van der Waals surface area contributed by atoms with Gasteiger partial charge < -0.3 is 10.8 Å². The number of hydrogen-bond donors (Lipinski definition) is 2. The third-order valence-corrected chi connectivity index (χ3v) is 2.57. The van der Waals surface area contributed by atoms with Crippen LogP contribution in [0.5, 0.6) is 0 Å². The Morgan fingerprint density at radius 2 is 2.27 bits per heavy atom. The summed E-state index contributed by atoms with van der Waals surface area (Å²) in [5.41, 5.74) is 4.80. The minimum atomic E-state index is -0.946. The van der Waals surface area contributed by atoms with Crippen molar-refractivity contribution in [3.8, 4) is 0 Å². The highest BCUT2D eigenvalue weighted by Crippen LogP contribution is 2.26. The molecule has 0 heterocycles. The van der Waals surface area contributed by atoms with Gasteiger partial charge in [-0.2, -0.15) is 0 Å². The molecule has 1 aliphatic rings. The average molecular weight is 157 g/mol. The molecule has 0 saturated heterocycles. The highest BCUT2D eigenvalue weighted by Gasteiger charge is 2.40. The summed E-state index contributed by atoms with van der Waals surface area (Å²) >= 11 is 0. The highest BCUT2D eigenvalue weighted by molar-refractivity contribution is 5.86. The molecule has 0 aliphatic heterocycles. The van der Waals surface area contributed by atoms with Crippen LogP contribution in [0.1, 0.15) is 32.6 Å². The lowest BCUT2D eigenvalue weighted by molar-refractivity contribution is -0.127. The van der Waals surface area contributed by atoms with Gasteiger partial charge in [0.2, 0.25) is 0 Å². The first-order valence-electron chi connectivity index (χ1n) is 4.05. The summed E-state index contributed by atoms with van der Waals surface area (Å²) in [5.74, 6) is -0.0929. The molecular weight excluding hydrogens is 142 g/mol. The highest BCUT2D eigenvalue weighted by atomic mass is 16.3. The maximum absolute atomic E-state index is 11.0. The molecule has 3 N–H and O–H groups in total. The molecule has 1 aliphatic carbocycles. The van der Waals surface area contributed by atoms with Crippen LogP contribution in [0.2, 0.25) is 0 Å². The molecule has 0 radical (unpaired) electrons. The maximum Gasteiger partial charge on any atom is 0.152 e. The van der Waals surface area contributed by atoms with E-state index in [0.717, 1.165) is 12.8 Å². The van der Waals surface area contributed by atoms with E-state index in [2.05, 4.69) is 0 Å². The third kappa shape index (κ3) is 1.44. The molecule has 0 aromatic carbocycles. The lowest BCUT2D eigenvalue weighted by Crippen LogP contribution is -2.57. The van der Waals surface area contributed by atoms with Crippen LogP contribution in [0.15, 0.2) is 0 Å².